The van der Waals surface area contributed by atoms with E-state index in [4.69, 9.17) is 16.0 Å². The molecule has 2 nitrogen and oxygen atoms in total. The first-order valence-corrected chi connectivity index (χ1v) is 17.9. The Morgan fingerprint density at radius 3 is 1.78 bits per heavy atom. The third-order valence-electron chi connectivity index (χ3n) is 9.39. The van der Waals surface area contributed by atoms with Gasteiger partial charge in [0.1, 0.15) is 11.2 Å². The molecule has 0 N–H and O–H groups in total. The molecule has 0 saturated heterocycles. The Labute approximate surface area is 273 Å². The Morgan fingerprint density at radius 1 is 0.435 bits per heavy atom. The Balaban J connectivity index is 1.31. The van der Waals surface area contributed by atoms with Crippen molar-refractivity contribution in [1.29, 1.82) is 0 Å². The lowest BCUT2D eigenvalue weighted by Gasteiger charge is -2.32. The molecule has 7 aromatic carbocycles. The molecule has 1 aromatic heterocycles. The quantitative estimate of drug-likeness (QED) is 0.177. The summed E-state index contributed by atoms with van der Waals surface area (Å²) in [6, 6.07) is 60.9. The molecule has 0 aliphatic carbocycles. The topological polar surface area (TPSA) is 16.4 Å². The predicted octanol–water partition coefficient (Wildman–Crippen LogP) is 9.07. The van der Waals surface area contributed by atoms with Gasteiger partial charge in [-0.25, -0.2) is 0 Å². The van der Waals surface area contributed by atoms with Crippen LogP contribution < -0.4 is 25.6 Å². The lowest BCUT2D eigenvalue weighted by Crippen LogP contribution is -2.72. The van der Waals surface area contributed by atoms with Gasteiger partial charge in [0, 0.05) is 32.9 Å². The molecule has 9 rings (SSSR count). The molecule has 0 spiro atoms. The molecule has 0 radical (unpaired) electrons. The Morgan fingerprint density at radius 2 is 1.04 bits per heavy atom. The SMILES string of the molecule is Clc1ccc2c(c1)[Si](c1ccccc1)(c1ccccc1)c1ccc(N(c3ccccc3)c3ccc4oc5ccccc5c4c3)cc1-2. The maximum Gasteiger partial charge on any atom is 0.180 e. The highest BCUT2D eigenvalue weighted by Crippen LogP contribution is 2.41. The molecule has 2 heterocycles. The molecular formula is C42H28ClNOSi. The van der Waals surface area contributed by atoms with Crippen molar-refractivity contribution >= 4 is 79.4 Å². The van der Waals surface area contributed by atoms with Gasteiger partial charge in [0.25, 0.3) is 0 Å². The smallest absolute Gasteiger partial charge is 0.180 e. The summed E-state index contributed by atoms with van der Waals surface area (Å²) >= 11 is 6.80. The number of nitrogens with zero attached hydrogens (tertiary/aromatic N) is 1. The number of rotatable bonds is 5. The second kappa shape index (κ2) is 10.6. The van der Waals surface area contributed by atoms with E-state index in [-0.39, 0.29) is 0 Å². The summed E-state index contributed by atoms with van der Waals surface area (Å²) < 4.78 is 6.19. The highest BCUT2D eigenvalue weighted by molar-refractivity contribution is 7.22. The molecule has 1 aliphatic rings. The van der Waals surface area contributed by atoms with Gasteiger partial charge >= 0.3 is 0 Å². The van der Waals surface area contributed by atoms with Crippen LogP contribution in [0.15, 0.2) is 174 Å². The summed E-state index contributed by atoms with van der Waals surface area (Å²) in [5.74, 6) is 0. The minimum atomic E-state index is -2.65. The predicted molar refractivity (Wildman–Crippen MR) is 196 cm³/mol. The van der Waals surface area contributed by atoms with Crippen LogP contribution in [0.2, 0.25) is 5.02 Å². The summed E-state index contributed by atoms with van der Waals surface area (Å²) in [7, 11) is -2.65. The van der Waals surface area contributed by atoms with Gasteiger partial charge in [0.05, 0.1) is 0 Å². The fourth-order valence-electron chi connectivity index (χ4n) is 7.47. The fourth-order valence-corrected chi connectivity index (χ4v) is 12.9. The Bertz CT molecular complexity index is 2350. The molecule has 1 aliphatic heterocycles. The molecule has 46 heavy (non-hydrogen) atoms. The molecule has 0 unspecified atom stereocenters. The maximum atomic E-state index is 6.80. The summed E-state index contributed by atoms with van der Waals surface area (Å²) in [5.41, 5.74) is 7.58. The van der Waals surface area contributed by atoms with E-state index in [2.05, 4.69) is 157 Å². The van der Waals surface area contributed by atoms with Gasteiger partial charge in [-0.3, -0.25) is 0 Å². The number of fused-ring (bicyclic) bond motifs is 6. The van der Waals surface area contributed by atoms with Crippen LogP contribution in [0.25, 0.3) is 33.1 Å². The van der Waals surface area contributed by atoms with Crippen LogP contribution in [-0.4, -0.2) is 8.07 Å². The third-order valence-corrected chi connectivity index (χ3v) is 14.5. The highest BCUT2D eigenvalue weighted by Gasteiger charge is 2.48. The van der Waals surface area contributed by atoms with Crippen LogP contribution in [-0.2, 0) is 0 Å². The largest absolute Gasteiger partial charge is 0.456 e. The van der Waals surface area contributed by atoms with Gasteiger partial charge in [0.15, 0.2) is 8.07 Å². The van der Waals surface area contributed by atoms with Crippen LogP contribution >= 0.6 is 11.6 Å². The standard InChI is InChI=1S/C42H28ClNOSi/c43-29-20-23-36-38-28-32(22-25-41(38)46(42(36)26-29,33-14-6-2-7-15-33)34-16-8-3-9-17-34)44(30-12-4-1-5-13-30)31-21-24-40-37(27-31)35-18-10-11-19-39(35)45-40/h1-28H. The van der Waals surface area contributed by atoms with Crippen molar-refractivity contribution in [2.75, 3.05) is 4.90 Å². The van der Waals surface area contributed by atoms with Crippen LogP contribution in [0.3, 0.4) is 0 Å². The number of benzene rings is 7. The zero-order valence-electron chi connectivity index (χ0n) is 24.9. The summed E-state index contributed by atoms with van der Waals surface area (Å²) in [6.45, 7) is 0. The average molecular weight is 626 g/mol. The van der Waals surface area contributed by atoms with Crippen LogP contribution in [0.4, 0.5) is 17.1 Å². The van der Waals surface area contributed by atoms with Gasteiger partial charge in [-0.15, -0.1) is 0 Å². The minimum absolute atomic E-state index is 0.766. The molecule has 218 valence electrons. The number of halogens is 1. The van der Waals surface area contributed by atoms with Gasteiger partial charge in [0.2, 0.25) is 0 Å². The van der Waals surface area contributed by atoms with Gasteiger partial charge in [-0.1, -0.05) is 121 Å². The van der Waals surface area contributed by atoms with Gasteiger partial charge in [-0.2, -0.15) is 0 Å². The van der Waals surface area contributed by atoms with Crippen molar-refractivity contribution in [2.24, 2.45) is 0 Å². The zero-order chi connectivity index (χ0) is 30.7. The van der Waals surface area contributed by atoms with E-state index in [1.807, 2.05) is 18.2 Å². The lowest BCUT2D eigenvalue weighted by atomic mass is 10.0. The van der Waals surface area contributed by atoms with Crippen LogP contribution in [0.1, 0.15) is 0 Å². The monoisotopic (exact) mass is 625 g/mol. The zero-order valence-corrected chi connectivity index (χ0v) is 26.7. The third kappa shape index (κ3) is 4.03. The summed E-state index contributed by atoms with van der Waals surface area (Å²) in [4.78, 5) is 2.35. The number of furan rings is 1. The molecule has 0 fully saturated rings. The van der Waals surface area contributed by atoms with E-state index < -0.39 is 8.07 Å². The van der Waals surface area contributed by atoms with Crippen LogP contribution in [0, 0.1) is 0 Å². The minimum Gasteiger partial charge on any atom is -0.456 e. The molecular weight excluding hydrogens is 598 g/mol. The van der Waals surface area contributed by atoms with Crippen molar-refractivity contribution in [1.82, 2.24) is 0 Å². The van der Waals surface area contributed by atoms with Gasteiger partial charge in [-0.05, 0) is 92.5 Å². The van der Waals surface area contributed by atoms with Crippen LogP contribution in [0.5, 0.6) is 0 Å². The average Bonchev–Trinajstić information content (AvgIpc) is 3.62. The van der Waals surface area contributed by atoms with E-state index in [1.165, 1.54) is 31.9 Å². The highest BCUT2D eigenvalue weighted by atomic mass is 35.5. The Hall–Kier alpha value is -5.35. The molecule has 4 heteroatoms. The first-order valence-electron chi connectivity index (χ1n) is 15.5. The Kier molecular flexibility index (Phi) is 6.24. The molecule has 0 amide bonds. The second-order valence-corrected chi connectivity index (χ2v) is 16.0. The van der Waals surface area contributed by atoms with Crippen molar-refractivity contribution in [3.8, 4) is 11.1 Å². The first-order chi connectivity index (χ1) is 22.7. The number of anilines is 3. The van der Waals surface area contributed by atoms with E-state index in [1.54, 1.807) is 0 Å². The second-order valence-electron chi connectivity index (χ2n) is 11.9. The number of para-hydroxylation sites is 2. The molecule has 8 aromatic rings. The summed E-state index contributed by atoms with van der Waals surface area (Å²) in [5, 5.41) is 8.42. The van der Waals surface area contributed by atoms with E-state index in [0.29, 0.717) is 0 Å². The van der Waals surface area contributed by atoms with Crippen molar-refractivity contribution in [2.45, 2.75) is 0 Å². The first kappa shape index (κ1) is 27.0. The van der Waals surface area contributed by atoms with E-state index in [0.717, 1.165) is 44.0 Å². The maximum absolute atomic E-state index is 6.80. The molecule has 0 saturated carbocycles. The number of hydrogen-bond acceptors (Lipinski definition) is 2. The van der Waals surface area contributed by atoms with E-state index in [9.17, 15) is 0 Å². The molecule has 0 atom stereocenters. The normalized spacial score (nSPS) is 13.1. The van der Waals surface area contributed by atoms with Crippen molar-refractivity contribution in [3.63, 3.8) is 0 Å². The number of hydrogen-bond donors (Lipinski definition) is 0. The van der Waals surface area contributed by atoms with Crippen molar-refractivity contribution in [3.05, 3.63) is 175 Å². The lowest BCUT2D eigenvalue weighted by molar-refractivity contribution is 0.669. The van der Waals surface area contributed by atoms with Crippen molar-refractivity contribution < 1.29 is 4.42 Å². The van der Waals surface area contributed by atoms with E-state index >= 15 is 0 Å². The summed E-state index contributed by atoms with van der Waals surface area (Å²) in [6.07, 6.45) is 0. The fraction of sp³-hybridized carbons (Fsp3) is 0. The molecule has 0 bridgehead atoms. The van der Waals surface area contributed by atoms with Gasteiger partial charge < -0.3 is 9.32 Å².